The Bertz CT molecular complexity index is 596. The molecule has 0 unspecified atom stereocenters. The van der Waals surface area contributed by atoms with E-state index in [-0.39, 0.29) is 6.10 Å². The maximum absolute atomic E-state index is 5.74. The molecule has 0 saturated heterocycles. The highest BCUT2D eigenvalue weighted by molar-refractivity contribution is 5.29. The van der Waals surface area contributed by atoms with Crippen molar-refractivity contribution in [2.75, 3.05) is 6.61 Å². The number of ether oxygens (including phenoxy) is 2. The summed E-state index contributed by atoms with van der Waals surface area (Å²) in [4.78, 5) is 0. The van der Waals surface area contributed by atoms with Crippen LogP contribution in [0.5, 0.6) is 5.75 Å². The first-order chi connectivity index (χ1) is 11.2. The molecule has 0 aliphatic rings. The maximum Gasteiger partial charge on any atom is 0.120 e. The summed E-state index contributed by atoms with van der Waals surface area (Å²) in [7, 11) is 0. The average molecular weight is 313 g/mol. The molecule has 0 atom stereocenters. The van der Waals surface area contributed by atoms with Crippen LogP contribution >= 0.6 is 0 Å². The Kier molecular flexibility index (Phi) is 7.11. The van der Waals surface area contributed by atoms with Crippen LogP contribution in [0, 0.1) is 0 Å². The van der Waals surface area contributed by atoms with Gasteiger partial charge in [-0.3, -0.25) is 0 Å². The topological polar surface area (TPSA) is 30.5 Å². The van der Waals surface area contributed by atoms with Gasteiger partial charge in [0.25, 0.3) is 0 Å². The van der Waals surface area contributed by atoms with Gasteiger partial charge >= 0.3 is 0 Å². The van der Waals surface area contributed by atoms with E-state index in [0.29, 0.717) is 6.61 Å². The van der Waals surface area contributed by atoms with Crippen LogP contribution in [0.2, 0.25) is 0 Å². The second-order valence-electron chi connectivity index (χ2n) is 5.82. The van der Waals surface area contributed by atoms with Crippen molar-refractivity contribution in [2.45, 2.75) is 46.6 Å². The Morgan fingerprint density at radius 3 is 2.48 bits per heavy atom. The monoisotopic (exact) mass is 313 g/mol. The molecule has 2 aromatic carbocycles. The van der Waals surface area contributed by atoms with Gasteiger partial charge in [0.2, 0.25) is 0 Å². The van der Waals surface area contributed by atoms with Crippen molar-refractivity contribution in [2.24, 2.45) is 0 Å². The third-order valence-electron chi connectivity index (χ3n) is 3.49. The number of benzene rings is 2. The zero-order valence-corrected chi connectivity index (χ0v) is 14.3. The van der Waals surface area contributed by atoms with Crippen molar-refractivity contribution in [3.05, 3.63) is 65.2 Å². The van der Waals surface area contributed by atoms with Gasteiger partial charge in [0.1, 0.15) is 5.75 Å². The quantitative estimate of drug-likeness (QED) is 0.748. The third-order valence-corrected chi connectivity index (χ3v) is 3.49. The molecule has 0 spiro atoms. The van der Waals surface area contributed by atoms with Crippen molar-refractivity contribution in [1.29, 1.82) is 0 Å². The van der Waals surface area contributed by atoms with Gasteiger partial charge in [-0.25, -0.2) is 0 Å². The Labute approximate surface area is 139 Å². The molecule has 0 aliphatic carbocycles. The molecular formula is C20H27NO2. The van der Waals surface area contributed by atoms with E-state index in [1.807, 2.05) is 32.9 Å². The fourth-order valence-electron chi connectivity index (χ4n) is 2.43. The third kappa shape index (κ3) is 6.05. The first-order valence-electron chi connectivity index (χ1n) is 8.30. The number of hydrogen-bond acceptors (Lipinski definition) is 3. The molecule has 3 nitrogen and oxygen atoms in total. The first kappa shape index (κ1) is 17.5. The Morgan fingerprint density at radius 2 is 1.74 bits per heavy atom. The van der Waals surface area contributed by atoms with Gasteiger partial charge in [-0.15, -0.1) is 0 Å². The van der Waals surface area contributed by atoms with Gasteiger partial charge in [-0.1, -0.05) is 36.4 Å². The highest BCUT2D eigenvalue weighted by Gasteiger charge is 2.03. The van der Waals surface area contributed by atoms with E-state index in [4.69, 9.17) is 9.47 Å². The van der Waals surface area contributed by atoms with E-state index in [2.05, 4.69) is 41.7 Å². The average Bonchev–Trinajstić information content (AvgIpc) is 2.54. The van der Waals surface area contributed by atoms with Crippen LogP contribution in [0.3, 0.4) is 0 Å². The standard InChI is InChI=1S/C20H27NO2/c1-4-22-15-19-10-6-5-9-18(19)14-21-13-17-8-7-11-20(12-17)23-16(2)3/h5-12,16,21H,4,13-15H2,1-3H3. The van der Waals surface area contributed by atoms with E-state index in [1.54, 1.807) is 0 Å². The minimum atomic E-state index is 0.198. The molecule has 0 amide bonds. The summed E-state index contributed by atoms with van der Waals surface area (Å²) in [6.07, 6.45) is 0.198. The van der Waals surface area contributed by atoms with Gasteiger partial charge in [-0.2, -0.15) is 0 Å². The van der Waals surface area contributed by atoms with Crippen LogP contribution < -0.4 is 10.1 Å². The van der Waals surface area contributed by atoms with Crippen LogP contribution in [-0.4, -0.2) is 12.7 Å². The lowest BCUT2D eigenvalue weighted by atomic mass is 10.1. The zero-order valence-electron chi connectivity index (χ0n) is 14.3. The van der Waals surface area contributed by atoms with E-state index in [1.165, 1.54) is 16.7 Å². The molecule has 0 radical (unpaired) electrons. The summed E-state index contributed by atoms with van der Waals surface area (Å²) in [5.41, 5.74) is 3.76. The van der Waals surface area contributed by atoms with Crippen molar-refractivity contribution >= 4 is 0 Å². The molecule has 0 saturated carbocycles. The molecule has 3 heteroatoms. The van der Waals surface area contributed by atoms with Crippen LogP contribution in [0.4, 0.5) is 0 Å². The molecule has 0 heterocycles. The molecule has 2 aromatic rings. The summed E-state index contributed by atoms with van der Waals surface area (Å²) in [6, 6.07) is 16.7. The van der Waals surface area contributed by atoms with Gasteiger partial charge in [0.05, 0.1) is 12.7 Å². The first-order valence-corrected chi connectivity index (χ1v) is 8.30. The molecular weight excluding hydrogens is 286 g/mol. The van der Waals surface area contributed by atoms with Gasteiger partial charge in [0, 0.05) is 19.7 Å². The summed E-state index contributed by atoms with van der Waals surface area (Å²) in [5, 5.41) is 3.50. The van der Waals surface area contributed by atoms with Crippen molar-refractivity contribution in [3.63, 3.8) is 0 Å². The maximum atomic E-state index is 5.74. The smallest absolute Gasteiger partial charge is 0.120 e. The number of hydrogen-bond donors (Lipinski definition) is 1. The highest BCUT2D eigenvalue weighted by atomic mass is 16.5. The van der Waals surface area contributed by atoms with Gasteiger partial charge < -0.3 is 14.8 Å². The van der Waals surface area contributed by atoms with Crippen LogP contribution in [-0.2, 0) is 24.4 Å². The molecule has 2 rings (SSSR count). The Balaban J connectivity index is 1.90. The lowest BCUT2D eigenvalue weighted by molar-refractivity contribution is 0.133. The minimum Gasteiger partial charge on any atom is -0.491 e. The van der Waals surface area contributed by atoms with Crippen LogP contribution in [0.15, 0.2) is 48.5 Å². The van der Waals surface area contributed by atoms with E-state index in [0.717, 1.165) is 25.4 Å². The predicted octanol–water partition coefficient (Wildman–Crippen LogP) is 4.30. The second kappa shape index (κ2) is 9.33. The van der Waals surface area contributed by atoms with Crippen molar-refractivity contribution in [1.82, 2.24) is 5.32 Å². The lowest BCUT2D eigenvalue weighted by Gasteiger charge is -2.12. The molecule has 0 bridgehead atoms. The van der Waals surface area contributed by atoms with Crippen molar-refractivity contribution < 1.29 is 9.47 Å². The van der Waals surface area contributed by atoms with Crippen molar-refractivity contribution in [3.8, 4) is 5.75 Å². The number of nitrogens with one attached hydrogen (secondary N) is 1. The van der Waals surface area contributed by atoms with Crippen LogP contribution in [0.1, 0.15) is 37.5 Å². The molecule has 1 N–H and O–H groups in total. The predicted molar refractivity (Wildman–Crippen MR) is 94.5 cm³/mol. The SMILES string of the molecule is CCOCc1ccccc1CNCc1cccc(OC(C)C)c1. The summed E-state index contributed by atoms with van der Waals surface area (Å²) >= 11 is 0. The van der Waals surface area contributed by atoms with E-state index in [9.17, 15) is 0 Å². The lowest BCUT2D eigenvalue weighted by Crippen LogP contribution is -2.14. The Hall–Kier alpha value is -1.84. The highest BCUT2D eigenvalue weighted by Crippen LogP contribution is 2.15. The van der Waals surface area contributed by atoms with E-state index < -0.39 is 0 Å². The second-order valence-corrected chi connectivity index (χ2v) is 5.82. The molecule has 124 valence electrons. The van der Waals surface area contributed by atoms with Gasteiger partial charge in [0.15, 0.2) is 0 Å². The fraction of sp³-hybridized carbons (Fsp3) is 0.400. The molecule has 0 aliphatic heterocycles. The summed E-state index contributed by atoms with van der Waals surface area (Å²) < 4.78 is 11.3. The zero-order chi connectivity index (χ0) is 16.5. The summed E-state index contributed by atoms with van der Waals surface area (Å²) in [6.45, 7) is 9.17. The molecule has 23 heavy (non-hydrogen) atoms. The Morgan fingerprint density at radius 1 is 0.957 bits per heavy atom. The fourth-order valence-corrected chi connectivity index (χ4v) is 2.43. The molecule has 0 aromatic heterocycles. The normalized spacial score (nSPS) is 11.0. The number of rotatable bonds is 9. The summed E-state index contributed by atoms with van der Waals surface area (Å²) in [5.74, 6) is 0.927. The largest absolute Gasteiger partial charge is 0.491 e. The minimum absolute atomic E-state index is 0.198. The van der Waals surface area contributed by atoms with E-state index >= 15 is 0 Å². The molecule has 0 fully saturated rings. The van der Waals surface area contributed by atoms with Gasteiger partial charge in [-0.05, 0) is 49.6 Å². The van der Waals surface area contributed by atoms with Crippen LogP contribution in [0.25, 0.3) is 0 Å².